The van der Waals surface area contributed by atoms with Crippen molar-refractivity contribution in [1.29, 1.82) is 0 Å². The third-order valence-corrected chi connectivity index (χ3v) is 4.27. The van der Waals surface area contributed by atoms with E-state index in [1.165, 1.54) is 6.07 Å². The van der Waals surface area contributed by atoms with Crippen LogP contribution in [0.15, 0.2) is 66.7 Å². The molecule has 0 atom stereocenters. The summed E-state index contributed by atoms with van der Waals surface area (Å²) in [6.07, 6.45) is 0. The minimum Gasteiger partial charge on any atom is -0.506 e. The molecule has 3 aromatic rings. The lowest BCUT2D eigenvalue weighted by atomic mass is 10.0. The van der Waals surface area contributed by atoms with Crippen molar-refractivity contribution in [2.45, 2.75) is 6.92 Å². The van der Waals surface area contributed by atoms with E-state index in [0.29, 0.717) is 27.6 Å². The van der Waals surface area contributed by atoms with Crippen LogP contribution in [-0.4, -0.2) is 23.4 Å². The summed E-state index contributed by atoms with van der Waals surface area (Å²) >= 11 is 5.84. The van der Waals surface area contributed by atoms with Gasteiger partial charge in [0, 0.05) is 16.1 Å². The Morgan fingerprint density at radius 2 is 1.57 bits per heavy atom. The molecule has 0 aliphatic carbocycles. The number of amides is 1. The van der Waals surface area contributed by atoms with E-state index in [2.05, 4.69) is 5.32 Å². The summed E-state index contributed by atoms with van der Waals surface area (Å²) in [4.78, 5) is 24.5. The summed E-state index contributed by atoms with van der Waals surface area (Å²) in [6.45, 7) is 1.64. The van der Waals surface area contributed by atoms with Gasteiger partial charge < -0.3 is 15.2 Å². The first-order valence-corrected chi connectivity index (χ1v) is 8.93. The molecule has 0 aromatic heterocycles. The average Bonchev–Trinajstić information content (AvgIpc) is 2.70. The summed E-state index contributed by atoms with van der Waals surface area (Å²) < 4.78 is 5.44. The highest BCUT2D eigenvalue weighted by atomic mass is 35.5. The van der Waals surface area contributed by atoms with E-state index >= 15 is 0 Å². The van der Waals surface area contributed by atoms with Crippen molar-refractivity contribution in [2.24, 2.45) is 0 Å². The molecule has 2 N–H and O–H groups in total. The fourth-order valence-corrected chi connectivity index (χ4v) is 2.68. The Balaban J connectivity index is 1.58. The number of hydrogen-bond donors (Lipinski definition) is 2. The molecule has 0 unspecified atom stereocenters. The van der Waals surface area contributed by atoms with Gasteiger partial charge in [-0.15, -0.1) is 0 Å². The molecule has 6 heteroatoms. The Kier molecular flexibility index (Phi) is 5.96. The maximum Gasteiger partial charge on any atom is 0.262 e. The number of phenols is 1. The lowest BCUT2D eigenvalue weighted by Crippen LogP contribution is -2.20. The molecule has 5 nitrogen and oxygen atoms in total. The number of nitrogens with one attached hydrogen (secondary N) is 1. The second-order valence-corrected chi connectivity index (χ2v) is 6.65. The van der Waals surface area contributed by atoms with Crippen molar-refractivity contribution in [3.63, 3.8) is 0 Å². The van der Waals surface area contributed by atoms with Gasteiger partial charge in [0.25, 0.3) is 5.91 Å². The largest absolute Gasteiger partial charge is 0.506 e. The number of carbonyl (C=O) groups is 2. The normalized spacial score (nSPS) is 10.4. The summed E-state index contributed by atoms with van der Waals surface area (Å²) in [5.74, 6) is -0.0848. The fraction of sp³-hybridized carbons (Fsp3) is 0.0909. The molecule has 3 aromatic carbocycles. The minimum atomic E-state index is -0.401. The SMILES string of the molecule is Cc1ccc(O)c(NC(=O)COc2ccc(C(=O)c3ccc(Cl)cc3)cc2)c1. The van der Waals surface area contributed by atoms with Crippen molar-refractivity contribution in [2.75, 3.05) is 11.9 Å². The molecule has 0 aliphatic rings. The monoisotopic (exact) mass is 395 g/mol. The van der Waals surface area contributed by atoms with Crippen LogP contribution in [0.25, 0.3) is 0 Å². The van der Waals surface area contributed by atoms with E-state index in [4.69, 9.17) is 16.3 Å². The topological polar surface area (TPSA) is 75.6 Å². The molecule has 142 valence electrons. The van der Waals surface area contributed by atoms with E-state index in [0.717, 1.165) is 5.56 Å². The number of ketones is 1. The van der Waals surface area contributed by atoms with Crippen LogP contribution < -0.4 is 10.1 Å². The first kappa shape index (κ1) is 19.5. The van der Waals surface area contributed by atoms with Gasteiger partial charge in [-0.3, -0.25) is 9.59 Å². The van der Waals surface area contributed by atoms with E-state index in [1.807, 2.05) is 6.92 Å². The van der Waals surface area contributed by atoms with Crippen molar-refractivity contribution >= 4 is 29.0 Å². The third kappa shape index (κ3) is 4.90. The van der Waals surface area contributed by atoms with Gasteiger partial charge in [0.15, 0.2) is 12.4 Å². The molecule has 0 aliphatic heterocycles. The molecule has 1 amide bonds. The molecule has 0 bridgehead atoms. The maximum absolute atomic E-state index is 12.4. The number of carbonyl (C=O) groups excluding carboxylic acids is 2. The zero-order chi connectivity index (χ0) is 20.1. The van der Waals surface area contributed by atoms with Gasteiger partial charge in [0.05, 0.1) is 5.69 Å². The number of phenolic OH excluding ortho intramolecular Hbond substituents is 1. The third-order valence-electron chi connectivity index (χ3n) is 4.02. The zero-order valence-electron chi connectivity index (χ0n) is 15.1. The number of aryl methyl sites for hydroxylation is 1. The number of hydrogen-bond acceptors (Lipinski definition) is 4. The Morgan fingerprint density at radius 1 is 0.964 bits per heavy atom. The van der Waals surface area contributed by atoms with Crippen molar-refractivity contribution in [1.82, 2.24) is 0 Å². The Morgan fingerprint density at radius 3 is 2.21 bits per heavy atom. The molecule has 28 heavy (non-hydrogen) atoms. The minimum absolute atomic E-state index is 0.0102. The molecule has 0 saturated heterocycles. The van der Waals surface area contributed by atoms with Crippen LogP contribution in [0.1, 0.15) is 21.5 Å². The van der Waals surface area contributed by atoms with Gasteiger partial charge in [0.1, 0.15) is 11.5 Å². The molecular weight excluding hydrogens is 378 g/mol. The van der Waals surface area contributed by atoms with Crippen molar-refractivity contribution in [3.8, 4) is 11.5 Å². The molecule has 0 heterocycles. The van der Waals surface area contributed by atoms with Gasteiger partial charge in [0.2, 0.25) is 0 Å². The van der Waals surface area contributed by atoms with Gasteiger partial charge in [-0.05, 0) is 73.2 Å². The highest BCUT2D eigenvalue weighted by Crippen LogP contribution is 2.24. The second-order valence-electron chi connectivity index (χ2n) is 6.22. The predicted octanol–water partition coefficient (Wildman–Crippen LogP) is 4.60. The van der Waals surface area contributed by atoms with Gasteiger partial charge in [-0.1, -0.05) is 17.7 Å². The number of halogens is 1. The van der Waals surface area contributed by atoms with Crippen LogP contribution in [0.4, 0.5) is 5.69 Å². The highest BCUT2D eigenvalue weighted by Gasteiger charge is 2.10. The molecular formula is C22H18ClNO4. The van der Waals surface area contributed by atoms with Crippen LogP contribution in [0, 0.1) is 6.92 Å². The summed E-state index contributed by atoms with van der Waals surface area (Å²) in [6, 6.07) is 18.1. The lowest BCUT2D eigenvalue weighted by molar-refractivity contribution is -0.118. The number of ether oxygens (including phenoxy) is 1. The summed E-state index contributed by atoms with van der Waals surface area (Å²) in [5.41, 5.74) is 2.28. The van der Waals surface area contributed by atoms with Crippen LogP contribution in [0.5, 0.6) is 11.5 Å². The van der Waals surface area contributed by atoms with Crippen molar-refractivity contribution < 1.29 is 19.4 Å². The molecule has 0 fully saturated rings. The predicted molar refractivity (Wildman–Crippen MR) is 108 cm³/mol. The summed E-state index contributed by atoms with van der Waals surface area (Å²) in [5, 5.41) is 12.9. The Labute approximate surface area is 167 Å². The first-order valence-electron chi connectivity index (χ1n) is 8.55. The van der Waals surface area contributed by atoms with Crippen LogP contribution >= 0.6 is 11.6 Å². The number of aromatic hydroxyl groups is 1. The van der Waals surface area contributed by atoms with Crippen LogP contribution in [0.2, 0.25) is 5.02 Å². The fourth-order valence-electron chi connectivity index (χ4n) is 2.56. The second kappa shape index (κ2) is 8.59. The van der Waals surface area contributed by atoms with Crippen molar-refractivity contribution in [3.05, 3.63) is 88.4 Å². The maximum atomic E-state index is 12.4. The van der Waals surface area contributed by atoms with E-state index in [1.54, 1.807) is 60.7 Å². The number of benzene rings is 3. The average molecular weight is 396 g/mol. The van der Waals surface area contributed by atoms with Gasteiger partial charge >= 0.3 is 0 Å². The molecule has 0 spiro atoms. The van der Waals surface area contributed by atoms with E-state index in [-0.39, 0.29) is 18.1 Å². The standard InChI is InChI=1S/C22H18ClNO4/c1-14-2-11-20(25)19(12-14)24-21(26)13-28-18-9-5-16(6-10-18)22(27)15-3-7-17(23)8-4-15/h2-12,25H,13H2,1H3,(H,24,26). The smallest absolute Gasteiger partial charge is 0.262 e. The van der Waals surface area contributed by atoms with Crippen LogP contribution in [0.3, 0.4) is 0 Å². The Hall–Kier alpha value is -3.31. The molecule has 0 saturated carbocycles. The lowest BCUT2D eigenvalue weighted by Gasteiger charge is -2.10. The summed E-state index contributed by atoms with van der Waals surface area (Å²) in [7, 11) is 0. The van der Waals surface area contributed by atoms with Gasteiger partial charge in [-0.2, -0.15) is 0 Å². The molecule has 3 rings (SSSR count). The number of anilines is 1. The quantitative estimate of drug-likeness (QED) is 0.472. The zero-order valence-corrected chi connectivity index (χ0v) is 15.9. The highest BCUT2D eigenvalue weighted by molar-refractivity contribution is 6.30. The Bertz CT molecular complexity index is 998. The first-order chi connectivity index (χ1) is 13.4. The van der Waals surface area contributed by atoms with Crippen LogP contribution in [-0.2, 0) is 4.79 Å². The van der Waals surface area contributed by atoms with E-state index in [9.17, 15) is 14.7 Å². The number of rotatable bonds is 6. The van der Waals surface area contributed by atoms with E-state index < -0.39 is 5.91 Å². The molecule has 0 radical (unpaired) electrons. The van der Waals surface area contributed by atoms with Gasteiger partial charge in [-0.25, -0.2) is 0 Å².